The smallest absolute Gasteiger partial charge is 0.254 e. The molecule has 3 N–H and O–H groups in total. The molecule has 0 aliphatic carbocycles. The number of nitrogens with one attached hydrogen (secondary N) is 1. The summed E-state index contributed by atoms with van der Waals surface area (Å²) in [6, 6.07) is 15.3. The van der Waals surface area contributed by atoms with Gasteiger partial charge in [0.15, 0.2) is 0 Å². The van der Waals surface area contributed by atoms with Crippen LogP contribution in [0.15, 0.2) is 53.3 Å². The Morgan fingerprint density at radius 3 is 2.74 bits per heavy atom. The SMILES string of the molecule is C#Cc1ccccc1CN1CCc2c(nc(-c3ccc(N)cc3)[nH]c2=O)C1. The van der Waals surface area contributed by atoms with Gasteiger partial charge in [0.2, 0.25) is 0 Å². The number of terminal acetylenes is 1. The molecule has 1 aliphatic rings. The molecule has 0 saturated carbocycles. The first kappa shape index (κ1) is 17.1. The van der Waals surface area contributed by atoms with Crippen molar-refractivity contribution >= 4 is 5.69 Å². The molecule has 1 aliphatic heterocycles. The predicted molar refractivity (Wildman–Crippen MR) is 107 cm³/mol. The Morgan fingerprint density at radius 1 is 1.19 bits per heavy atom. The zero-order valence-electron chi connectivity index (χ0n) is 14.9. The van der Waals surface area contributed by atoms with Crippen LogP contribution in [0.4, 0.5) is 5.69 Å². The van der Waals surface area contributed by atoms with Gasteiger partial charge in [-0.15, -0.1) is 6.42 Å². The molecule has 2 aromatic carbocycles. The third-order valence-corrected chi connectivity index (χ3v) is 4.90. The highest BCUT2D eigenvalue weighted by atomic mass is 16.1. The van der Waals surface area contributed by atoms with Gasteiger partial charge < -0.3 is 10.7 Å². The highest BCUT2D eigenvalue weighted by molar-refractivity contribution is 5.58. The van der Waals surface area contributed by atoms with Gasteiger partial charge in [0.1, 0.15) is 5.82 Å². The van der Waals surface area contributed by atoms with Crippen molar-refractivity contribution in [1.29, 1.82) is 0 Å². The Kier molecular flexibility index (Phi) is 4.49. The normalized spacial score (nSPS) is 13.7. The molecule has 0 fully saturated rings. The molecule has 5 heteroatoms. The van der Waals surface area contributed by atoms with Crippen LogP contribution in [0.1, 0.15) is 22.4 Å². The fraction of sp³-hybridized carbons (Fsp3) is 0.182. The molecule has 0 radical (unpaired) electrons. The minimum atomic E-state index is -0.0597. The van der Waals surface area contributed by atoms with Crippen molar-refractivity contribution in [2.75, 3.05) is 12.3 Å². The monoisotopic (exact) mass is 356 g/mol. The van der Waals surface area contributed by atoms with Gasteiger partial charge in [-0.25, -0.2) is 4.98 Å². The van der Waals surface area contributed by atoms with E-state index in [2.05, 4.69) is 21.9 Å². The molecule has 27 heavy (non-hydrogen) atoms. The molecule has 1 aromatic heterocycles. The van der Waals surface area contributed by atoms with Crippen molar-refractivity contribution in [3.05, 3.63) is 81.3 Å². The van der Waals surface area contributed by atoms with Crippen LogP contribution >= 0.6 is 0 Å². The van der Waals surface area contributed by atoms with E-state index in [9.17, 15) is 4.79 Å². The molecule has 0 bridgehead atoms. The molecule has 134 valence electrons. The van der Waals surface area contributed by atoms with Crippen LogP contribution in [0.25, 0.3) is 11.4 Å². The van der Waals surface area contributed by atoms with E-state index in [1.807, 2.05) is 30.3 Å². The van der Waals surface area contributed by atoms with Crippen molar-refractivity contribution in [1.82, 2.24) is 14.9 Å². The van der Waals surface area contributed by atoms with E-state index in [1.54, 1.807) is 12.1 Å². The van der Waals surface area contributed by atoms with Crippen molar-refractivity contribution < 1.29 is 0 Å². The number of hydrogen-bond donors (Lipinski definition) is 2. The molecule has 0 amide bonds. The van der Waals surface area contributed by atoms with Gasteiger partial charge in [0.05, 0.1) is 5.69 Å². The summed E-state index contributed by atoms with van der Waals surface area (Å²) in [6.45, 7) is 2.17. The number of fused-ring (bicyclic) bond motifs is 1. The highest BCUT2D eigenvalue weighted by Gasteiger charge is 2.22. The van der Waals surface area contributed by atoms with Crippen LogP contribution in [-0.4, -0.2) is 21.4 Å². The van der Waals surface area contributed by atoms with Crippen molar-refractivity contribution in [3.63, 3.8) is 0 Å². The second kappa shape index (κ2) is 7.10. The molecule has 0 atom stereocenters. The quantitative estimate of drug-likeness (QED) is 0.559. The van der Waals surface area contributed by atoms with Crippen LogP contribution in [0.3, 0.4) is 0 Å². The van der Waals surface area contributed by atoms with Crippen molar-refractivity contribution in [2.45, 2.75) is 19.5 Å². The lowest BCUT2D eigenvalue weighted by molar-refractivity contribution is 0.240. The number of aromatic amines is 1. The van der Waals surface area contributed by atoms with Crippen LogP contribution in [0.2, 0.25) is 0 Å². The molecule has 2 heterocycles. The minimum Gasteiger partial charge on any atom is -0.399 e. The van der Waals surface area contributed by atoms with E-state index in [1.165, 1.54) is 0 Å². The molecular formula is C22H20N4O. The summed E-state index contributed by atoms with van der Waals surface area (Å²) in [4.78, 5) is 22.4. The molecule has 0 spiro atoms. The number of nitrogen functional groups attached to an aromatic ring is 1. The van der Waals surface area contributed by atoms with E-state index in [0.717, 1.165) is 41.0 Å². The zero-order chi connectivity index (χ0) is 18.8. The summed E-state index contributed by atoms with van der Waals surface area (Å²) in [6.07, 6.45) is 6.29. The number of nitrogens with zero attached hydrogens (tertiary/aromatic N) is 2. The predicted octanol–water partition coefficient (Wildman–Crippen LogP) is 2.56. The lowest BCUT2D eigenvalue weighted by Gasteiger charge is -2.28. The topological polar surface area (TPSA) is 75.0 Å². The Bertz CT molecular complexity index is 1080. The number of aromatic nitrogens is 2. The summed E-state index contributed by atoms with van der Waals surface area (Å²) in [5.74, 6) is 3.31. The lowest BCUT2D eigenvalue weighted by atomic mass is 10.0. The summed E-state index contributed by atoms with van der Waals surface area (Å²) < 4.78 is 0. The molecule has 4 rings (SSSR count). The van der Waals surface area contributed by atoms with Crippen LogP contribution < -0.4 is 11.3 Å². The van der Waals surface area contributed by atoms with E-state index in [0.29, 0.717) is 24.5 Å². The van der Waals surface area contributed by atoms with E-state index in [4.69, 9.17) is 17.1 Å². The Morgan fingerprint density at radius 2 is 1.96 bits per heavy atom. The van der Waals surface area contributed by atoms with Crippen molar-refractivity contribution in [2.24, 2.45) is 0 Å². The summed E-state index contributed by atoms with van der Waals surface area (Å²) >= 11 is 0. The van der Waals surface area contributed by atoms with Crippen LogP contribution in [0.5, 0.6) is 0 Å². The van der Waals surface area contributed by atoms with Gasteiger partial charge in [-0.2, -0.15) is 0 Å². The number of rotatable bonds is 3. The average Bonchev–Trinajstić information content (AvgIpc) is 2.68. The second-order valence-electron chi connectivity index (χ2n) is 6.72. The number of H-pyrrole nitrogens is 1. The van der Waals surface area contributed by atoms with Gasteiger partial charge in [-0.05, 0) is 42.3 Å². The van der Waals surface area contributed by atoms with Crippen LogP contribution in [-0.2, 0) is 19.5 Å². The standard InChI is InChI=1S/C22H20N4O/c1-2-15-5-3-4-6-17(15)13-26-12-11-19-20(14-26)24-21(25-22(19)27)16-7-9-18(23)10-8-16/h1,3-10H,11-14,23H2,(H,24,25,27). The number of nitrogens with two attached hydrogens (primary N) is 1. The Labute approximate surface area is 157 Å². The number of benzene rings is 2. The Balaban J connectivity index is 1.63. The number of anilines is 1. The third-order valence-electron chi connectivity index (χ3n) is 4.90. The molecule has 5 nitrogen and oxygen atoms in total. The second-order valence-corrected chi connectivity index (χ2v) is 6.72. The molecule has 0 unspecified atom stereocenters. The third kappa shape index (κ3) is 3.48. The van der Waals surface area contributed by atoms with Crippen molar-refractivity contribution in [3.8, 4) is 23.7 Å². The van der Waals surface area contributed by atoms with E-state index in [-0.39, 0.29) is 5.56 Å². The maximum atomic E-state index is 12.5. The maximum absolute atomic E-state index is 12.5. The Hall–Kier alpha value is -3.36. The first-order valence-electron chi connectivity index (χ1n) is 8.89. The van der Waals surface area contributed by atoms with Crippen LogP contribution in [0, 0.1) is 12.3 Å². The largest absolute Gasteiger partial charge is 0.399 e. The first-order chi connectivity index (χ1) is 13.1. The summed E-state index contributed by atoms with van der Waals surface area (Å²) in [5.41, 5.74) is 10.8. The fourth-order valence-electron chi connectivity index (χ4n) is 3.45. The van der Waals surface area contributed by atoms with Gasteiger partial charge >= 0.3 is 0 Å². The fourth-order valence-corrected chi connectivity index (χ4v) is 3.45. The van der Waals surface area contributed by atoms with Gasteiger partial charge in [0.25, 0.3) is 5.56 Å². The van der Waals surface area contributed by atoms with E-state index >= 15 is 0 Å². The van der Waals surface area contributed by atoms with Gasteiger partial charge in [-0.1, -0.05) is 24.1 Å². The van der Waals surface area contributed by atoms with Gasteiger partial charge in [0, 0.05) is 42.0 Å². The van der Waals surface area contributed by atoms with E-state index < -0.39 is 0 Å². The number of hydrogen-bond acceptors (Lipinski definition) is 4. The highest BCUT2D eigenvalue weighted by Crippen LogP contribution is 2.21. The molecule has 3 aromatic rings. The van der Waals surface area contributed by atoms with Gasteiger partial charge in [-0.3, -0.25) is 9.69 Å². The average molecular weight is 356 g/mol. The maximum Gasteiger partial charge on any atom is 0.254 e. The zero-order valence-corrected chi connectivity index (χ0v) is 14.9. The molecular weight excluding hydrogens is 336 g/mol. The first-order valence-corrected chi connectivity index (χ1v) is 8.89. The summed E-state index contributed by atoms with van der Waals surface area (Å²) in [7, 11) is 0. The summed E-state index contributed by atoms with van der Waals surface area (Å²) in [5, 5.41) is 0. The minimum absolute atomic E-state index is 0.0597. The lowest BCUT2D eigenvalue weighted by Crippen LogP contribution is -2.35. The molecule has 0 saturated heterocycles.